The zero-order valence-corrected chi connectivity index (χ0v) is 14.7. The van der Waals surface area contributed by atoms with Crippen LogP contribution < -0.4 is 0 Å². The Kier molecular flexibility index (Phi) is 6.28. The van der Waals surface area contributed by atoms with Gasteiger partial charge in [-0.3, -0.25) is 14.5 Å². The van der Waals surface area contributed by atoms with Crippen molar-refractivity contribution in [3.05, 3.63) is 35.9 Å². The summed E-state index contributed by atoms with van der Waals surface area (Å²) in [5.74, 6) is -5.28. The molecule has 5 nitrogen and oxygen atoms in total. The van der Waals surface area contributed by atoms with Crippen molar-refractivity contribution in [3.8, 4) is 0 Å². The lowest BCUT2D eigenvalue weighted by atomic mass is 9.96. The molecule has 1 aliphatic rings. The van der Waals surface area contributed by atoms with E-state index in [1.165, 1.54) is 4.90 Å². The van der Waals surface area contributed by atoms with Gasteiger partial charge in [-0.15, -0.1) is 0 Å². The van der Waals surface area contributed by atoms with E-state index in [1.807, 2.05) is 44.2 Å². The number of carbonyl (C=O) groups is 2. The number of benzene rings is 1. The van der Waals surface area contributed by atoms with Crippen molar-refractivity contribution in [3.63, 3.8) is 0 Å². The number of halogens is 3. The van der Waals surface area contributed by atoms with E-state index in [0.717, 1.165) is 5.56 Å². The Balaban J connectivity index is 2.06. The summed E-state index contributed by atoms with van der Waals surface area (Å²) in [6, 6.07) is 9.18. The van der Waals surface area contributed by atoms with Crippen molar-refractivity contribution >= 4 is 11.9 Å². The first kappa shape index (κ1) is 20.2. The van der Waals surface area contributed by atoms with Crippen LogP contribution in [0.25, 0.3) is 0 Å². The number of carbonyl (C=O) groups excluding carboxylic acids is 1. The van der Waals surface area contributed by atoms with Crippen molar-refractivity contribution in [2.45, 2.75) is 32.6 Å². The zero-order valence-electron chi connectivity index (χ0n) is 14.7. The van der Waals surface area contributed by atoms with Crippen LogP contribution in [-0.4, -0.2) is 58.6 Å². The third kappa shape index (κ3) is 4.97. The van der Waals surface area contributed by atoms with Crippen LogP contribution in [0.1, 0.15) is 19.4 Å². The summed E-state index contributed by atoms with van der Waals surface area (Å²) in [5.41, 5.74) is 0.924. The van der Waals surface area contributed by atoms with E-state index in [-0.39, 0.29) is 25.0 Å². The molecule has 2 rings (SSSR count). The molecule has 8 heteroatoms. The Hall–Kier alpha value is -2.09. The van der Waals surface area contributed by atoms with E-state index in [0.29, 0.717) is 6.54 Å². The van der Waals surface area contributed by atoms with Gasteiger partial charge in [-0.25, -0.2) is 0 Å². The highest BCUT2D eigenvalue weighted by Crippen LogP contribution is 2.37. The third-order valence-electron chi connectivity index (χ3n) is 4.63. The van der Waals surface area contributed by atoms with Gasteiger partial charge in [0.1, 0.15) is 0 Å². The van der Waals surface area contributed by atoms with Gasteiger partial charge in [0, 0.05) is 25.7 Å². The Morgan fingerprint density at radius 2 is 1.85 bits per heavy atom. The smallest absolute Gasteiger partial charge is 0.393 e. The van der Waals surface area contributed by atoms with Crippen molar-refractivity contribution in [2.75, 3.05) is 19.6 Å². The number of alkyl halides is 3. The number of amides is 1. The van der Waals surface area contributed by atoms with Crippen molar-refractivity contribution < 1.29 is 27.9 Å². The summed E-state index contributed by atoms with van der Waals surface area (Å²) < 4.78 is 39.2. The van der Waals surface area contributed by atoms with Crippen LogP contribution in [0, 0.1) is 11.8 Å². The average molecular weight is 372 g/mol. The molecule has 1 fully saturated rings. The van der Waals surface area contributed by atoms with Crippen molar-refractivity contribution in [1.29, 1.82) is 0 Å². The molecule has 0 spiro atoms. The first-order valence-corrected chi connectivity index (χ1v) is 8.45. The third-order valence-corrected chi connectivity index (χ3v) is 4.63. The molecule has 2 atom stereocenters. The largest absolute Gasteiger partial charge is 0.481 e. The highest BCUT2D eigenvalue weighted by Gasteiger charge is 2.52. The number of aliphatic carboxylic acids is 1. The van der Waals surface area contributed by atoms with Gasteiger partial charge in [0.15, 0.2) is 0 Å². The normalized spacial score (nSPS) is 21.2. The minimum absolute atomic E-state index is 0.126. The van der Waals surface area contributed by atoms with Crippen LogP contribution in [0.15, 0.2) is 30.3 Å². The lowest BCUT2D eigenvalue weighted by molar-refractivity contribution is -0.188. The number of carboxylic acid groups (broad SMARTS) is 1. The second-order valence-corrected chi connectivity index (χ2v) is 6.89. The second kappa shape index (κ2) is 8.07. The summed E-state index contributed by atoms with van der Waals surface area (Å²) in [4.78, 5) is 26.7. The molecule has 0 bridgehead atoms. The fourth-order valence-electron chi connectivity index (χ4n) is 3.22. The Morgan fingerprint density at radius 1 is 1.23 bits per heavy atom. The fraction of sp³-hybridized carbons (Fsp3) is 0.556. The number of hydrogen-bond acceptors (Lipinski definition) is 3. The molecule has 0 saturated carbocycles. The topological polar surface area (TPSA) is 60.9 Å². The molecule has 26 heavy (non-hydrogen) atoms. The van der Waals surface area contributed by atoms with Crippen LogP contribution in [0.4, 0.5) is 13.2 Å². The molecule has 1 aromatic carbocycles. The van der Waals surface area contributed by atoms with Crippen LogP contribution in [0.2, 0.25) is 0 Å². The SMILES string of the molecule is CC(C)N(Cc1ccccc1)C(=O)CN1C[C@@H](C(F)(F)F)[C@H](C(=O)O)C1. The van der Waals surface area contributed by atoms with Crippen LogP contribution in [0.3, 0.4) is 0 Å². The second-order valence-electron chi connectivity index (χ2n) is 6.89. The Labute approximate surface area is 150 Å². The highest BCUT2D eigenvalue weighted by molar-refractivity contribution is 5.79. The Morgan fingerprint density at radius 3 is 2.31 bits per heavy atom. The van der Waals surface area contributed by atoms with E-state index in [1.54, 1.807) is 4.90 Å². The molecule has 1 heterocycles. The molecule has 1 amide bonds. The molecule has 1 N–H and O–H groups in total. The highest BCUT2D eigenvalue weighted by atomic mass is 19.4. The minimum atomic E-state index is -4.59. The van der Waals surface area contributed by atoms with Gasteiger partial charge in [0.2, 0.25) is 5.91 Å². The summed E-state index contributed by atoms with van der Waals surface area (Å²) in [5, 5.41) is 9.07. The van der Waals surface area contributed by atoms with Gasteiger partial charge >= 0.3 is 12.1 Å². The van der Waals surface area contributed by atoms with Gasteiger partial charge in [-0.1, -0.05) is 30.3 Å². The monoisotopic (exact) mass is 372 g/mol. The van der Waals surface area contributed by atoms with Crippen LogP contribution in [0.5, 0.6) is 0 Å². The summed E-state index contributed by atoms with van der Waals surface area (Å²) in [6.07, 6.45) is -4.59. The molecule has 144 valence electrons. The number of nitrogens with zero attached hydrogens (tertiary/aromatic N) is 2. The maximum Gasteiger partial charge on any atom is 0.393 e. The summed E-state index contributed by atoms with van der Waals surface area (Å²) in [7, 11) is 0. The van der Waals surface area contributed by atoms with E-state index in [4.69, 9.17) is 5.11 Å². The molecule has 0 aliphatic carbocycles. The van der Waals surface area contributed by atoms with E-state index in [2.05, 4.69) is 0 Å². The first-order chi connectivity index (χ1) is 12.1. The molecular weight excluding hydrogens is 349 g/mol. The van der Waals surface area contributed by atoms with E-state index < -0.39 is 30.5 Å². The maximum atomic E-state index is 13.1. The fourth-order valence-corrected chi connectivity index (χ4v) is 3.22. The molecule has 0 unspecified atom stereocenters. The lowest BCUT2D eigenvalue weighted by Gasteiger charge is -2.29. The minimum Gasteiger partial charge on any atom is -0.481 e. The number of carboxylic acids is 1. The first-order valence-electron chi connectivity index (χ1n) is 8.45. The molecule has 0 aromatic heterocycles. The van der Waals surface area contributed by atoms with Crippen molar-refractivity contribution in [1.82, 2.24) is 9.80 Å². The van der Waals surface area contributed by atoms with E-state index in [9.17, 15) is 22.8 Å². The van der Waals surface area contributed by atoms with E-state index >= 15 is 0 Å². The summed E-state index contributed by atoms with van der Waals surface area (Å²) >= 11 is 0. The predicted octanol–water partition coefficient (Wildman–Crippen LogP) is 2.62. The molecule has 1 aromatic rings. The molecular formula is C18H23F3N2O3. The quantitative estimate of drug-likeness (QED) is 0.834. The average Bonchev–Trinajstić information content (AvgIpc) is 2.97. The lowest BCUT2D eigenvalue weighted by Crippen LogP contribution is -2.43. The predicted molar refractivity (Wildman–Crippen MR) is 89.2 cm³/mol. The maximum absolute atomic E-state index is 13.1. The van der Waals surface area contributed by atoms with Gasteiger partial charge in [0.25, 0.3) is 0 Å². The van der Waals surface area contributed by atoms with Gasteiger partial charge in [0.05, 0.1) is 18.4 Å². The number of rotatable bonds is 6. The molecule has 0 radical (unpaired) electrons. The number of likely N-dealkylation sites (tertiary alicyclic amines) is 1. The van der Waals surface area contributed by atoms with Crippen LogP contribution >= 0.6 is 0 Å². The van der Waals surface area contributed by atoms with Gasteiger partial charge in [-0.2, -0.15) is 13.2 Å². The van der Waals surface area contributed by atoms with Gasteiger partial charge < -0.3 is 10.0 Å². The van der Waals surface area contributed by atoms with Gasteiger partial charge in [-0.05, 0) is 19.4 Å². The summed E-state index contributed by atoms with van der Waals surface area (Å²) in [6.45, 7) is 3.07. The van der Waals surface area contributed by atoms with Crippen LogP contribution in [-0.2, 0) is 16.1 Å². The zero-order chi connectivity index (χ0) is 19.5. The molecule has 1 aliphatic heterocycles. The Bertz CT molecular complexity index is 634. The standard InChI is InChI=1S/C18H23F3N2O3/c1-12(2)23(8-13-6-4-3-5-7-13)16(24)11-22-9-14(17(25)26)15(10-22)18(19,20)21/h3-7,12,14-15H,8-11H2,1-2H3,(H,25,26)/t14-,15-/m1/s1. The van der Waals surface area contributed by atoms with Crippen molar-refractivity contribution in [2.24, 2.45) is 11.8 Å². The molecule has 1 saturated heterocycles. The number of hydrogen-bond donors (Lipinski definition) is 1.